The number of hydrogen-bond donors (Lipinski definition) is 1. The first-order valence-corrected chi connectivity index (χ1v) is 10.0. The number of rotatable bonds is 3. The van der Waals surface area contributed by atoms with Crippen molar-refractivity contribution in [3.8, 4) is 5.75 Å². The molecule has 1 aliphatic heterocycles. The number of fused-ring (bicyclic) bond motifs is 1. The van der Waals surface area contributed by atoms with Crippen molar-refractivity contribution in [3.05, 3.63) is 58.8 Å². The first kappa shape index (κ1) is 18.7. The second-order valence-corrected chi connectivity index (χ2v) is 7.81. The number of benzene rings is 2. The van der Waals surface area contributed by atoms with Gasteiger partial charge in [-0.1, -0.05) is 18.2 Å². The van der Waals surface area contributed by atoms with Crippen LogP contribution in [0.5, 0.6) is 5.75 Å². The van der Waals surface area contributed by atoms with E-state index in [0.29, 0.717) is 5.75 Å². The van der Waals surface area contributed by atoms with Crippen LogP contribution in [0, 0.1) is 20.8 Å². The number of para-hydroxylation sites is 1. The van der Waals surface area contributed by atoms with Crippen molar-refractivity contribution >= 4 is 16.9 Å². The lowest BCUT2D eigenvalue weighted by Gasteiger charge is -2.23. The Balaban J connectivity index is 1.53. The normalized spacial score (nSPS) is 15.8. The SMILES string of the molecule is Cc1cc2nc(N3CCCN(Cc4ccccc4O)CC3)nc(C)c2cc1C. The molecule has 0 radical (unpaired) electrons. The van der Waals surface area contributed by atoms with Gasteiger partial charge in [-0.2, -0.15) is 0 Å². The number of aryl methyl sites for hydroxylation is 3. The highest BCUT2D eigenvalue weighted by Crippen LogP contribution is 2.24. The fourth-order valence-electron chi connectivity index (χ4n) is 3.88. The van der Waals surface area contributed by atoms with Crippen LogP contribution in [-0.2, 0) is 6.54 Å². The largest absolute Gasteiger partial charge is 0.508 e. The number of phenolic OH excluding ortho intramolecular Hbond substituents is 1. The van der Waals surface area contributed by atoms with Gasteiger partial charge in [-0.05, 0) is 56.5 Å². The van der Waals surface area contributed by atoms with Crippen molar-refractivity contribution in [3.63, 3.8) is 0 Å². The van der Waals surface area contributed by atoms with Gasteiger partial charge < -0.3 is 10.0 Å². The molecule has 146 valence electrons. The molecule has 3 aromatic rings. The van der Waals surface area contributed by atoms with Crippen LogP contribution < -0.4 is 4.90 Å². The molecule has 1 fully saturated rings. The zero-order chi connectivity index (χ0) is 19.7. The first-order chi connectivity index (χ1) is 13.5. The van der Waals surface area contributed by atoms with Gasteiger partial charge in [0.2, 0.25) is 5.95 Å². The van der Waals surface area contributed by atoms with Crippen LogP contribution in [0.15, 0.2) is 36.4 Å². The van der Waals surface area contributed by atoms with Crippen LogP contribution in [0.4, 0.5) is 5.95 Å². The quantitative estimate of drug-likeness (QED) is 0.749. The highest BCUT2D eigenvalue weighted by atomic mass is 16.3. The van der Waals surface area contributed by atoms with Crippen molar-refractivity contribution in [2.75, 3.05) is 31.1 Å². The number of aromatic nitrogens is 2. The topological polar surface area (TPSA) is 52.5 Å². The molecule has 1 N–H and O–H groups in total. The maximum Gasteiger partial charge on any atom is 0.226 e. The van der Waals surface area contributed by atoms with Gasteiger partial charge in [0.15, 0.2) is 0 Å². The molecule has 0 aliphatic carbocycles. The minimum Gasteiger partial charge on any atom is -0.508 e. The molecule has 28 heavy (non-hydrogen) atoms. The average molecular weight is 377 g/mol. The molecule has 4 rings (SSSR count). The van der Waals surface area contributed by atoms with E-state index in [9.17, 15) is 5.11 Å². The van der Waals surface area contributed by atoms with Crippen molar-refractivity contribution < 1.29 is 5.11 Å². The summed E-state index contributed by atoms with van der Waals surface area (Å²) in [5.74, 6) is 1.21. The zero-order valence-corrected chi connectivity index (χ0v) is 16.9. The van der Waals surface area contributed by atoms with Crippen molar-refractivity contribution in [1.29, 1.82) is 0 Å². The first-order valence-electron chi connectivity index (χ1n) is 10.0. The summed E-state index contributed by atoms with van der Waals surface area (Å²) in [5.41, 5.74) is 5.60. The second kappa shape index (κ2) is 7.76. The maximum absolute atomic E-state index is 10.1. The van der Waals surface area contributed by atoms with E-state index in [0.717, 1.165) is 67.3 Å². The Bertz CT molecular complexity index is 1000. The molecule has 0 amide bonds. The molecule has 0 bridgehead atoms. The molecular formula is C23H28N4O. The molecule has 5 heteroatoms. The summed E-state index contributed by atoms with van der Waals surface area (Å²) in [7, 11) is 0. The van der Waals surface area contributed by atoms with Gasteiger partial charge in [0.05, 0.1) is 11.2 Å². The van der Waals surface area contributed by atoms with E-state index in [1.807, 2.05) is 18.2 Å². The summed E-state index contributed by atoms with van der Waals surface area (Å²) in [6, 6.07) is 12.0. The van der Waals surface area contributed by atoms with E-state index in [2.05, 4.69) is 42.7 Å². The van der Waals surface area contributed by atoms with Gasteiger partial charge in [-0.15, -0.1) is 0 Å². The Morgan fingerprint density at radius 3 is 2.54 bits per heavy atom. The predicted molar refractivity (Wildman–Crippen MR) is 114 cm³/mol. The summed E-state index contributed by atoms with van der Waals surface area (Å²) in [6.45, 7) is 10.9. The number of aromatic hydroxyl groups is 1. The third-order valence-corrected chi connectivity index (χ3v) is 5.75. The molecule has 0 saturated carbocycles. The fraction of sp³-hybridized carbons (Fsp3) is 0.391. The molecular weight excluding hydrogens is 348 g/mol. The lowest BCUT2D eigenvalue weighted by molar-refractivity contribution is 0.281. The lowest BCUT2D eigenvalue weighted by atomic mass is 10.1. The summed E-state index contributed by atoms with van der Waals surface area (Å²) in [5, 5.41) is 11.2. The van der Waals surface area contributed by atoms with E-state index >= 15 is 0 Å². The van der Waals surface area contributed by atoms with Crippen LogP contribution >= 0.6 is 0 Å². The number of phenols is 1. The third kappa shape index (κ3) is 3.80. The third-order valence-electron chi connectivity index (χ3n) is 5.75. The van der Waals surface area contributed by atoms with Crippen LogP contribution in [-0.4, -0.2) is 46.2 Å². The van der Waals surface area contributed by atoms with E-state index in [-0.39, 0.29) is 0 Å². The molecule has 5 nitrogen and oxygen atoms in total. The molecule has 0 spiro atoms. The minimum absolute atomic E-state index is 0.378. The van der Waals surface area contributed by atoms with Crippen molar-refractivity contribution in [1.82, 2.24) is 14.9 Å². The van der Waals surface area contributed by atoms with Crippen LogP contribution in [0.1, 0.15) is 28.8 Å². The van der Waals surface area contributed by atoms with Crippen LogP contribution in [0.2, 0.25) is 0 Å². The highest BCUT2D eigenvalue weighted by Gasteiger charge is 2.19. The second-order valence-electron chi connectivity index (χ2n) is 7.81. The van der Waals surface area contributed by atoms with E-state index < -0.39 is 0 Å². The van der Waals surface area contributed by atoms with Gasteiger partial charge in [-0.25, -0.2) is 9.97 Å². The van der Waals surface area contributed by atoms with Gasteiger partial charge in [0.1, 0.15) is 5.75 Å². The molecule has 2 aromatic carbocycles. The smallest absolute Gasteiger partial charge is 0.226 e. The van der Waals surface area contributed by atoms with E-state index in [4.69, 9.17) is 9.97 Å². The molecule has 1 aliphatic rings. The molecule has 2 heterocycles. The predicted octanol–water partition coefficient (Wildman–Crippen LogP) is 3.97. The Kier molecular flexibility index (Phi) is 5.18. The lowest BCUT2D eigenvalue weighted by Crippen LogP contribution is -2.31. The van der Waals surface area contributed by atoms with E-state index in [1.54, 1.807) is 6.07 Å². The monoisotopic (exact) mass is 376 g/mol. The van der Waals surface area contributed by atoms with Crippen molar-refractivity contribution in [2.24, 2.45) is 0 Å². The summed E-state index contributed by atoms with van der Waals surface area (Å²) in [6.07, 6.45) is 1.06. The van der Waals surface area contributed by atoms with Gasteiger partial charge >= 0.3 is 0 Å². The zero-order valence-electron chi connectivity index (χ0n) is 16.9. The Morgan fingerprint density at radius 2 is 1.71 bits per heavy atom. The summed E-state index contributed by atoms with van der Waals surface area (Å²) in [4.78, 5) is 14.4. The van der Waals surface area contributed by atoms with Gasteiger partial charge in [0.25, 0.3) is 0 Å². The molecule has 1 saturated heterocycles. The Morgan fingerprint density at radius 1 is 0.929 bits per heavy atom. The molecule has 0 unspecified atom stereocenters. The Hall–Kier alpha value is -2.66. The highest BCUT2D eigenvalue weighted by molar-refractivity contribution is 5.83. The average Bonchev–Trinajstić information content (AvgIpc) is 2.91. The van der Waals surface area contributed by atoms with E-state index in [1.165, 1.54) is 11.1 Å². The summed E-state index contributed by atoms with van der Waals surface area (Å²) < 4.78 is 0. The standard InChI is InChI=1S/C23H28N4O/c1-16-13-20-18(3)24-23(25-21(20)14-17(16)2)27-10-6-9-26(11-12-27)15-19-7-4-5-8-22(19)28/h4-5,7-8,13-14,28H,6,9-12,15H2,1-3H3. The van der Waals surface area contributed by atoms with Gasteiger partial charge in [0, 0.05) is 43.7 Å². The van der Waals surface area contributed by atoms with Crippen LogP contribution in [0.25, 0.3) is 10.9 Å². The van der Waals surface area contributed by atoms with Crippen molar-refractivity contribution in [2.45, 2.75) is 33.7 Å². The Labute approximate surface area is 166 Å². The maximum atomic E-state index is 10.1. The fourth-order valence-corrected chi connectivity index (χ4v) is 3.88. The van der Waals surface area contributed by atoms with Gasteiger partial charge in [-0.3, -0.25) is 4.90 Å². The van der Waals surface area contributed by atoms with Crippen LogP contribution in [0.3, 0.4) is 0 Å². The minimum atomic E-state index is 0.378. The number of nitrogens with zero attached hydrogens (tertiary/aromatic N) is 4. The number of anilines is 1. The molecule has 1 aromatic heterocycles. The number of hydrogen-bond acceptors (Lipinski definition) is 5. The summed E-state index contributed by atoms with van der Waals surface area (Å²) >= 11 is 0. The molecule has 0 atom stereocenters.